The van der Waals surface area contributed by atoms with Gasteiger partial charge in [-0.3, -0.25) is 4.79 Å². The predicted molar refractivity (Wildman–Crippen MR) is 132 cm³/mol. The lowest BCUT2D eigenvalue weighted by Crippen LogP contribution is -2.15. The largest absolute Gasteiger partial charge is 0.490 e. The lowest BCUT2D eigenvalue weighted by Gasteiger charge is -2.12. The summed E-state index contributed by atoms with van der Waals surface area (Å²) < 4.78 is 18.6. The average molecular weight is 458 g/mol. The molecule has 4 aromatic rings. The van der Waals surface area contributed by atoms with E-state index in [4.69, 9.17) is 14.2 Å². The van der Waals surface area contributed by atoms with Gasteiger partial charge in [0.2, 0.25) is 5.78 Å². The SMILES string of the molecule is CCOc1ccc(C(=O)OCC(=O)c2c(-c3ccccc3)n(C)c3ccccc23)cc1OCC. The zero-order valence-electron chi connectivity index (χ0n) is 19.5. The number of aryl methyl sites for hydroxylation is 1. The topological polar surface area (TPSA) is 66.8 Å². The van der Waals surface area contributed by atoms with Gasteiger partial charge in [-0.2, -0.15) is 0 Å². The van der Waals surface area contributed by atoms with Crippen LogP contribution in [0.4, 0.5) is 0 Å². The fourth-order valence-corrected chi connectivity index (χ4v) is 4.07. The number of fused-ring (bicyclic) bond motifs is 1. The Morgan fingerprint density at radius 2 is 1.50 bits per heavy atom. The van der Waals surface area contributed by atoms with Crippen LogP contribution >= 0.6 is 0 Å². The highest BCUT2D eigenvalue weighted by atomic mass is 16.5. The first-order valence-electron chi connectivity index (χ1n) is 11.3. The minimum Gasteiger partial charge on any atom is -0.490 e. The second-order valence-corrected chi connectivity index (χ2v) is 7.69. The highest BCUT2D eigenvalue weighted by molar-refractivity contribution is 6.14. The normalized spacial score (nSPS) is 10.8. The molecule has 6 heteroatoms. The first kappa shape index (κ1) is 23.1. The van der Waals surface area contributed by atoms with Crippen LogP contribution in [0.15, 0.2) is 72.8 Å². The van der Waals surface area contributed by atoms with Crippen molar-refractivity contribution in [2.45, 2.75) is 13.8 Å². The van der Waals surface area contributed by atoms with Crippen molar-refractivity contribution < 1.29 is 23.8 Å². The molecule has 0 saturated carbocycles. The quantitative estimate of drug-likeness (QED) is 0.239. The third kappa shape index (κ3) is 4.53. The van der Waals surface area contributed by atoms with E-state index in [1.807, 2.05) is 80.1 Å². The first-order chi connectivity index (χ1) is 16.5. The number of carbonyl (C=O) groups is 2. The number of hydrogen-bond donors (Lipinski definition) is 0. The molecular weight excluding hydrogens is 430 g/mol. The van der Waals surface area contributed by atoms with Gasteiger partial charge in [-0.15, -0.1) is 0 Å². The second kappa shape index (κ2) is 10.3. The van der Waals surface area contributed by atoms with E-state index >= 15 is 0 Å². The highest BCUT2D eigenvalue weighted by Gasteiger charge is 2.23. The Morgan fingerprint density at radius 1 is 0.824 bits per heavy atom. The maximum Gasteiger partial charge on any atom is 0.338 e. The van der Waals surface area contributed by atoms with Crippen LogP contribution in [-0.4, -0.2) is 36.1 Å². The number of ether oxygens (including phenoxy) is 3. The van der Waals surface area contributed by atoms with Gasteiger partial charge in [0.05, 0.1) is 30.0 Å². The number of ketones is 1. The summed E-state index contributed by atoms with van der Waals surface area (Å²) in [5, 5.41) is 0.824. The Morgan fingerprint density at radius 3 is 2.24 bits per heavy atom. The van der Waals surface area contributed by atoms with Gasteiger partial charge >= 0.3 is 5.97 Å². The van der Waals surface area contributed by atoms with E-state index in [0.717, 1.165) is 22.2 Å². The van der Waals surface area contributed by atoms with Gasteiger partial charge in [0.25, 0.3) is 0 Å². The number of carbonyl (C=O) groups excluding carboxylic acids is 2. The summed E-state index contributed by atoms with van der Waals surface area (Å²) in [4.78, 5) is 26.1. The number of rotatable bonds is 9. The molecule has 0 fully saturated rings. The van der Waals surface area contributed by atoms with E-state index in [2.05, 4.69) is 0 Å². The van der Waals surface area contributed by atoms with Crippen LogP contribution in [0.5, 0.6) is 11.5 Å². The van der Waals surface area contributed by atoms with E-state index < -0.39 is 5.97 Å². The molecule has 0 radical (unpaired) electrons. The van der Waals surface area contributed by atoms with E-state index in [1.54, 1.807) is 18.2 Å². The van der Waals surface area contributed by atoms with Crippen LogP contribution in [-0.2, 0) is 11.8 Å². The van der Waals surface area contributed by atoms with E-state index in [0.29, 0.717) is 35.8 Å². The molecule has 0 spiro atoms. The van der Waals surface area contributed by atoms with Crippen molar-refractivity contribution in [2.24, 2.45) is 7.05 Å². The average Bonchev–Trinajstić information content (AvgIpc) is 3.16. The molecule has 6 nitrogen and oxygen atoms in total. The number of Topliss-reactive ketones (excluding diaryl/α,β-unsaturated/α-hetero) is 1. The fraction of sp³-hybridized carbons (Fsp3) is 0.214. The van der Waals surface area contributed by atoms with Gasteiger partial charge < -0.3 is 18.8 Å². The molecule has 3 aromatic carbocycles. The summed E-state index contributed by atoms with van der Waals surface area (Å²) in [7, 11) is 1.93. The van der Waals surface area contributed by atoms with Crippen LogP contribution in [0.1, 0.15) is 34.6 Å². The Labute approximate surface area is 198 Å². The molecule has 4 rings (SSSR count). The standard InChI is InChI=1S/C28H27NO5/c1-4-32-24-16-15-20(17-25(24)33-5-2)28(31)34-18-23(30)26-21-13-9-10-14-22(21)29(3)27(26)19-11-7-6-8-12-19/h6-17H,4-5,18H2,1-3H3. The van der Waals surface area contributed by atoms with Gasteiger partial charge in [0.15, 0.2) is 18.1 Å². The third-order valence-corrected chi connectivity index (χ3v) is 5.55. The zero-order chi connectivity index (χ0) is 24.1. The molecule has 0 aliphatic heterocycles. The highest BCUT2D eigenvalue weighted by Crippen LogP contribution is 2.33. The summed E-state index contributed by atoms with van der Waals surface area (Å²) in [5.74, 6) is 0.157. The molecule has 34 heavy (non-hydrogen) atoms. The van der Waals surface area contributed by atoms with E-state index in [-0.39, 0.29) is 12.4 Å². The molecule has 174 valence electrons. The molecule has 0 amide bonds. The Hall–Kier alpha value is -4.06. The second-order valence-electron chi connectivity index (χ2n) is 7.69. The first-order valence-corrected chi connectivity index (χ1v) is 11.3. The summed E-state index contributed by atoms with van der Waals surface area (Å²) in [6.07, 6.45) is 0. The molecule has 0 aliphatic rings. The van der Waals surface area contributed by atoms with Gasteiger partial charge in [-0.1, -0.05) is 48.5 Å². The molecule has 1 heterocycles. The van der Waals surface area contributed by atoms with Crippen molar-refractivity contribution in [3.63, 3.8) is 0 Å². The molecule has 0 saturated heterocycles. The predicted octanol–water partition coefficient (Wildman–Crippen LogP) is 5.68. The monoisotopic (exact) mass is 457 g/mol. The van der Waals surface area contributed by atoms with Crippen LogP contribution in [0, 0.1) is 0 Å². The van der Waals surface area contributed by atoms with Crippen molar-refractivity contribution in [3.8, 4) is 22.8 Å². The third-order valence-electron chi connectivity index (χ3n) is 5.55. The fourth-order valence-electron chi connectivity index (χ4n) is 4.07. The summed E-state index contributed by atoms with van der Waals surface area (Å²) in [6.45, 7) is 4.27. The summed E-state index contributed by atoms with van der Waals surface area (Å²) >= 11 is 0. The van der Waals surface area contributed by atoms with Crippen LogP contribution in [0.3, 0.4) is 0 Å². The van der Waals surface area contributed by atoms with Gasteiger partial charge in [-0.05, 0) is 43.7 Å². The van der Waals surface area contributed by atoms with Crippen molar-refractivity contribution in [2.75, 3.05) is 19.8 Å². The maximum atomic E-state index is 13.4. The minimum atomic E-state index is -0.598. The van der Waals surface area contributed by atoms with Gasteiger partial charge in [-0.25, -0.2) is 4.79 Å². The molecule has 0 N–H and O–H groups in total. The Bertz CT molecular complexity index is 1320. The van der Waals surface area contributed by atoms with E-state index in [1.165, 1.54) is 0 Å². The lowest BCUT2D eigenvalue weighted by atomic mass is 10.0. The van der Waals surface area contributed by atoms with E-state index in [9.17, 15) is 9.59 Å². The van der Waals surface area contributed by atoms with Crippen LogP contribution < -0.4 is 9.47 Å². The number of esters is 1. The zero-order valence-corrected chi connectivity index (χ0v) is 19.5. The van der Waals surface area contributed by atoms with Crippen molar-refractivity contribution in [3.05, 3.63) is 83.9 Å². The van der Waals surface area contributed by atoms with Gasteiger partial charge in [0.1, 0.15) is 0 Å². The number of para-hydroxylation sites is 1. The van der Waals surface area contributed by atoms with Crippen LogP contribution in [0.25, 0.3) is 22.2 Å². The molecule has 0 unspecified atom stereocenters. The van der Waals surface area contributed by atoms with Gasteiger partial charge in [0, 0.05) is 18.0 Å². The molecule has 1 aromatic heterocycles. The van der Waals surface area contributed by atoms with Crippen molar-refractivity contribution in [1.29, 1.82) is 0 Å². The summed E-state index contributed by atoms with van der Waals surface area (Å²) in [6, 6.07) is 22.3. The molecular formula is C28H27NO5. The Balaban J connectivity index is 1.61. The lowest BCUT2D eigenvalue weighted by molar-refractivity contribution is 0.0475. The van der Waals surface area contributed by atoms with Crippen molar-refractivity contribution >= 4 is 22.7 Å². The number of benzene rings is 3. The van der Waals surface area contributed by atoms with Crippen LogP contribution in [0.2, 0.25) is 0 Å². The maximum absolute atomic E-state index is 13.4. The Kier molecular flexibility index (Phi) is 6.97. The smallest absolute Gasteiger partial charge is 0.338 e. The molecule has 0 bridgehead atoms. The number of aromatic nitrogens is 1. The minimum absolute atomic E-state index is 0.264. The number of nitrogens with zero attached hydrogens (tertiary/aromatic N) is 1. The molecule has 0 aliphatic carbocycles. The number of hydrogen-bond acceptors (Lipinski definition) is 5. The van der Waals surface area contributed by atoms with Crippen molar-refractivity contribution in [1.82, 2.24) is 4.57 Å². The molecule has 0 atom stereocenters. The summed E-state index contributed by atoms with van der Waals surface area (Å²) in [5.41, 5.74) is 3.48.